The summed E-state index contributed by atoms with van der Waals surface area (Å²) in [7, 11) is 0. The van der Waals surface area contributed by atoms with Crippen LogP contribution in [0.1, 0.15) is 18.1 Å². The number of hydrogen-bond donors (Lipinski definition) is 1. The average molecular weight is 497 g/mol. The molecule has 8 heteroatoms. The van der Waals surface area contributed by atoms with Gasteiger partial charge in [-0.2, -0.15) is 0 Å². The lowest BCUT2D eigenvalue weighted by atomic mass is 10.1. The first-order valence-corrected chi connectivity index (χ1v) is 12.2. The van der Waals surface area contributed by atoms with Crippen LogP contribution < -0.4 is 5.32 Å². The van der Waals surface area contributed by atoms with Crippen molar-refractivity contribution in [2.45, 2.75) is 25.4 Å². The summed E-state index contributed by atoms with van der Waals surface area (Å²) < 4.78 is 1.90. The summed E-state index contributed by atoms with van der Waals surface area (Å²) in [6.45, 7) is 4.07. The number of aromatic nitrogens is 3. The first-order chi connectivity index (χ1) is 16.0. The molecule has 1 N–H and O–H groups in total. The van der Waals surface area contributed by atoms with Gasteiger partial charge in [0, 0.05) is 22.0 Å². The number of para-hydroxylation sites is 2. The topological polar surface area (TPSA) is 59.8 Å². The largest absolute Gasteiger partial charge is 0.325 e. The lowest BCUT2D eigenvalue weighted by molar-refractivity contribution is -0.113. The van der Waals surface area contributed by atoms with E-state index in [9.17, 15) is 4.79 Å². The molecule has 168 valence electrons. The Labute approximate surface area is 207 Å². The van der Waals surface area contributed by atoms with E-state index < -0.39 is 0 Å². The monoisotopic (exact) mass is 496 g/mol. The van der Waals surface area contributed by atoms with Gasteiger partial charge in [-0.15, -0.1) is 10.2 Å². The Kier molecular flexibility index (Phi) is 7.38. The van der Waals surface area contributed by atoms with Crippen LogP contribution in [0.25, 0.3) is 17.1 Å². The number of thioether (sulfide) groups is 1. The minimum Gasteiger partial charge on any atom is -0.325 e. The number of halogens is 2. The SMILES string of the molecule is CCc1cccc(C)c1NC(=O)CSc1nnc(-c2ccc(Cl)cc2Cl)n1-c1ccccc1. The zero-order valence-electron chi connectivity index (χ0n) is 18.2. The highest BCUT2D eigenvalue weighted by molar-refractivity contribution is 7.99. The Bertz CT molecular complexity index is 1290. The number of aryl methyl sites for hydroxylation is 2. The van der Waals surface area contributed by atoms with Gasteiger partial charge in [-0.05, 0) is 54.8 Å². The molecule has 1 aromatic heterocycles. The zero-order valence-corrected chi connectivity index (χ0v) is 20.5. The van der Waals surface area contributed by atoms with Crippen molar-refractivity contribution in [2.24, 2.45) is 0 Å². The minimum absolute atomic E-state index is 0.0994. The molecule has 0 unspecified atom stereocenters. The second kappa shape index (κ2) is 10.4. The number of rotatable bonds is 7. The van der Waals surface area contributed by atoms with E-state index in [4.69, 9.17) is 23.2 Å². The van der Waals surface area contributed by atoms with Gasteiger partial charge in [-0.3, -0.25) is 9.36 Å². The third-order valence-corrected chi connectivity index (χ3v) is 6.63. The van der Waals surface area contributed by atoms with Crippen LogP contribution in [0.2, 0.25) is 10.0 Å². The molecule has 0 bridgehead atoms. The van der Waals surface area contributed by atoms with E-state index in [1.54, 1.807) is 12.1 Å². The van der Waals surface area contributed by atoms with E-state index in [1.165, 1.54) is 11.8 Å². The highest BCUT2D eigenvalue weighted by Gasteiger charge is 2.19. The van der Waals surface area contributed by atoms with Crippen LogP contribution in [0, 0.1) is 6.92 Å². The summed E-state index contributed by atoms with van der Waals surface area (Å²) in [5, 5.41) is 13.4. The number of anilines is 1. The Morgan fingerprint density at radius 3 is 2.55 bits per heavy atom. The normalized spacial score (nSPS) is 10.9. The number of nitrogens with zero attached hydrogens (tertiary/aromatic N) is 3. The quantitative estimate of drug-likeness (QED) is 0.284. The Balaban J connectivity index is 1.62. The molecule has 1 heterocycles. The molecule has 0 saturated carbocycles. The molecule has 0 aliphatic heterocycles. The standard InChI is InChI=1S/C25H22Cl2N4OS/c1-3-17-9-7-8-16(2)23(17)28-22(32)15-33-25-30-29-24(20-13-12-18(26)14-21(20)27)31(25)19-10-5-4-6-11-19/h4-14H,3,15H2,1-2H3,(H,28,32). The number of amides is 1. The van der Waals surface area contributed by atoms with E-state index in [1.807, 2.05) is 66.1 Å². The van der Waals surface area contributed by atoms with Crippen molar-refractivity contribution >= 4 is 46.6 Å². The number of carbonyl (C=O) groups is 1. The summed E-state index contributed by atoms with van der Waals surface area (Å²) in [5.41, 5.74) is 4.61. The maximum absolute atomic E-state index is 12.8. The van der Waals surface area contributed by atoms with Gasteiger partial charge in [-0.1, -0.05) is 78.3 Å². The molecule has 4 rings (SSSR count). The fraction of sp³-hybridized carbons (Fsp3) is 0.160. The molecule has 0 aliphatic rings. The van der Waals surface area contributed by atoms with E-state index in [2.05, 4.69) is 22.4 Å². The third-order valence-electron chi connectivity index (χ3n) is 5.16. The molecule has 1 amide bonds. The highest BCUT2D eigenvalue weighted by atomic mass is 35.5. The predicted molar refractivity (Wildman–Crippen MR) is 137 cm³/mol. The number of benzene rings is 3. The van der Waals surface area contributed by atoms with Crippen molar-refractivity contribution in [3.8, 4) is 17.1 Å². The Hall–Kier alpha value is -2.80. The summed E-state index contributed by atoms with van der Waals surface area (Å²) in [6.07, 6.45) is 0.845. The van der Waals surface area contributed by atoms with Crippen LogP contribution in [0.4, 0.5) is 5.69 Å². The zero-order chi connectivity index (χ0) is 23.4. The average Bonchev–Trinajstić information content (AvgIpc) is 3.23. The number of nitrogens with one attached hydrogen (secondary N) is 1. The summed E-state index contributed by atoms with van der Waals surface area (Å²) >= 11 is 13.9. The van der Waals surface area contributed by atoms with Crippen LogP contribution in [0.5, 0.6) is 0 Å². The molecule has 3 aromatic carbocycles. The first kappa shape index (κ1) is 23.4. The van der Waals surface area contributed by atoms with Crippen molar-refractivity contribution in [2.75, 3.05) is 11.1 Å². The minimum atomic E-state index is -0.0994. The van der Waals surface area contributed by atoms with E-state index in [0.717, 1.165) is 28.9 Å². The van der Waals surface area contributed by atoms with Crippen LogP contribution in [0.15, 0.2) is 71.9 Å². The number of carbonyl (C=O) groups excluding carboxylic acids is 1. The number of hydrogen-bond acceptors (Lipinski definition) is 4. The molecule has 0 saturated heterocycles. The van der Waals surface area contributed by atoms with Gasteiger partial charge >= 0.3 is 0 Å². The molecule has 0 radical (unpaired) electrons. The van der Waals surface area contributed by atoms with Crippen molar-refractivity contribution in [1.29, 1.82) is 0 Å². The molecule has 0 fully saturated rings. The lowest BCUT2D eigenvalue weighted by Crippen LogP contribution is -2.16. The fourth-order valence-corrected chi connectivity index (χ4v) is 4.77. The van der Waals surface area contributed by atoms with Gasteiger partial charge < -0.3 is 5.32 Å². The molecule has 5 nitrogen and oxygen atoms in total. The van der Waals surface area contributed by atoms with Crippen LogP contribution in [0.3, 0.4) is 0 Å². The van der Waals surface area contributed by atoms with Crippen LogP contribution >= 0.6 is 35.0 Å². The summed E-state index contributed by atoms with van der Waals surface area (Å²) in [6, 6.07) is 21.0. The van der Waals surface area contributed by atoms with Crippen molar-refractivity contribution < 1.29 is 4.79 Å². The van der Waals surface area contributed by atoms with Gasteiger partial charge in [0.25, 0.3) is 0 Å². The Morgan fingerprint density at radius 2 is 1.82 bits per heavy atom. The Morgan fingerprint density at radius 1 is 1.03 bits per heavy atom. The van der Waals surface area contributed by atoms with Crippen LogP contribution in [-0.4, -0.2) is 26.4 Å². The third kappa shape index (κ3) is 5.24. The van der Waals surface area contributed by atoms with Gasteiger partial charge in [0.2, 0.25) is 5.91 Å². The molecule has 0 aliphatic carbocycles. The molecule has 0 atom stereocenters. The lowest BCUT2D eigenvalue weighted by Gasteiger charge is -2.13. The second-order valence-corrected chi connectivity index (χ2v) is 9.19. The van der Waals surface area contributed by atoms with Gasteiger partial charge in [0.15, 0.2) is 11.0 Å². The fourth-order valence-electron chi connectivity index (χ4n) is 3.53. The van der Waals surface area contributed by atoms with Crippen LogP contribution in [-0.2, 0) is 11.2 Å². The van der Waals surface area contributed by atoms with E-state index in [0.29, 0.717) is 26.6 Å². The van der Waals surface area contributed by atoms with Gasteiger partial charge in [0.05, 0.1) is 10.8 Å². The molecule has 0 spiro atoms. The highest BCUT2D eigenvalue weighted by Crippen LogP contribution is 2.33. The molecular formula is C25H22Cl2N4OS. The van der Waals surface area contributed by atoms with Crippen molar-refractivity contribution in [3.05, 3.63) is 87.9 Å². The van der Waals surface area contributed by atoms with Gasteiger partial charge in [0.1, 0.15) is 0 Å². The first-order valence-electron chi connectivity index (χ1n) is 10.4. The maximum Gasteiger partial charge on any atom is 0.234 e. The predicted octanol–water partition coefficient (Wildman–Crippen LogP) is 6.84. The van der Waals surface area contributed by atoms with E-state index >= 15 is 0 Å². The maximum atomic E-state index is 12.8. The van der Waals surface area contributed by atoms with E-state index in [-0.39, 0.29) is 11.7 Å². The molecular weight excluding hydrogens is 475 g/mol. The summed E-state index contributed by atoms with van der Waals surface area (Å²) in [5.74, 6) is 0.673. The smallest absolute Gasteiger partial charge is 0.234 e. The molecule has 33 heavy (non-hydrogen) atoms. The molecule has 4 aromatic rings. The van der Waals surface area contributed by atoms with Crippen molar-refractivity contribution in [1.82, 2.24) is 14.8 Å². The second-order valence-electron chi connectivity index (χ2n) is 7.40. The van der Waals surface area contributed by atoms with Crippen molar-refractivity contribution in [3.63, 3.8) is 0 Å². The summed E-state index contributed by atoms with van der Waals surface area (Å²) in [4.78, 5) is 12.8. The van der Waals surface area contributed by atoms with Gasteiger partial charge in [-0.25, -0.2) is 0 Å².